The average Bonchev–Trinajstić information content (AvgIpc) is 3.37. The van der Waals surface area contributed by atoms with Gasteiger partial charge in [-0.15, -0.1) is 0 Å². The maximum absolute atomic E-state index is 14.7. The Morgan fingerprint density at radius 1 is 1.05 bits per heavy atom. The number of halogens is 2. The SMILES string of the molecule is CC(OC1=COC=C(C2=CC=CCC2)O1)c1nc2cc(F)c(F)cc2n1C(C(=O)NC1CCCCC1)C1CCCCC1. The van der Waals surface area contributed by atoms with Crippen LogP contribution in [0.4, 0.5) is 8.78 Å². The number of ether oxygens (including phenoxy) is 3. The number of amides is 1. The van der Waals surface area contributed by atoms with E-state index in [-0.39, 0.29) is 29.3 Å². The van der Waals surface area contributed by atoms with Gasteiger partial charge in [-0.05, 0) is 56.9 Å². The third kappa shape index (κ3) is 6.10. The van der Waals surface area contributed by atoms with Crippen molar-refractivity contribution in [1.29, 1.82) is 0 Å². The van der Waals surface area contributed by atoms with Gasteiger partial charge in [0.05, 0.1) is 11.0 Å². The van der Waals surface area contributed by atoms with Crippen LogP contribution in [0.5, 0.6) is 0 Å². The summed E-state index contributed by atoms with van der Waals surface area (Å²) in [5.74, 6) is -0.899. The third-order valence-corrected chi connectivity index (χ3v) is 8.89. The lowest BCUT2D eigenvalue weighted by atomic mass is 9.82. The Morgan fingerprint density at radius 3 is 2.52 bits per heavy atom. The Kier molecular flexibility index (Phi) is 8.63. The molecule has 4 aliphatic rings. The summed E-state index contributed by atoms with van der Waals surface area (Å²) in [5, 5.41) is 3.31. The van der Waals surface area contributed by atoms with E-state index in [4.69, 9.17) is 19.2 Å². The summed E-state index contributed by atoms with van der Waals surface area (Å²) in [7, 11) is 0. The molecule has 2 saturated carbocycles. The highest BCUT2D eigenvalue weighted by Crippen LogP contribution is 2.39. The fourth-order valence-corrected chi connectivity index (χ4v) is 6.75. The number of carbonyl (C=O) groups excluding carboxylic acids is 1. The van der Waals surface area contributed by atoms with Gasteiger partial charge in [0.15, 0.2) is 35.6 Å². The molecule has 1 aliphatic heterocycles. The maximum atomic E-state index is 14.7. The van der Waals surface area contributed by atoms with Crippen molar-refractivity contribution in [3.8, 4) is 0 Å². The topological polar surface area (TPSA) is 74.6 Å². The van der Waals surface area contributed by atoms with Gasteiger partial charge in [0, 0.05) is 18.2 Å². The molecule has 2 atom stereocenters. The minimum absolute atomic E-state index is 0.0353. The first-order valence-corrected chi connectivity index (χ1v) is 15.4. The van der Waals surface area contributed by atoms with Crippen molar-refractivity contribution < 1.29 is 27.8 Å². The van der Waals surface area contributed by atoms with Crippen molar-refractivity contribution in [3.05, 3.63) is 77.6 Å². The Hall–Kier alpha value is -3.62. The molecule has 2 fully saturated rings. The number of allylic oxidation sites excluding steroid dienone is 4. The first kappa shape index (κ1) is 28.5. The highest BCUT2D eigenvalue weighted by Gasteiger charge is 2.37. The highest BCUT2D eigenvalue weighted by atomic mass is 19.2. The largest absolute Gasteiger partial charge is 0.461 e. The molecule has 1 N–H and O–H groups in total. The number of nitrogens with one attached hydrogen (secondary N) is 1. The van der Waals surface area contributed by atoms with E-state index in [2.05, 4.69) is 11.4 Å². The highest BCUT2D eigenvalue weighted by molar-refractivity contribution is 5.85. The van der Waals surface area contributed by atoms with Crippen LogP contribution in [0.2, 0.25) is 0 Å². The lowest BCUT2D eigenvalue weighted by Crippen LogP contribution is -2.44. The van der Waals surface area contributed by atoms with Gasteiger partial charge in [0.2, 0.25) is 5.91 Å². The molecule has 1 aromatic heterocycles. The Morgan fingerprint density at radius 2 is 1.79 bits per heavy atom. The van der Waals surface area contributed by atoms with Gasteiger partial charge in [-0.25, -0.2) is 13.8 Å². The van der Waals surface area contributed by atoms with Crippen molar-refractivity contribution in [2.75, 3.05) is 0 Å². The number of hydrogen-bond donors (Lipinski definition) is 1. The lowest BCUT2D eigenvalue weighted by Gasteiger charge is -2.34. The molecule has 6 rings (SSSR count). The second-order valence-electron chi connectivity index (χ2n) is 11.9. The van der Waals surface area contributed by atoms with E-state index in [1.165, 1.54) is 18.9 Å². The summed E-state index contributed by atoms with van der Waals surface area (Å²) in [5.41, 5.74) is 1.65. The molecule has 1 amide bonds. The minimum Gasteiger partial charge on any atom is -0.461 e. The molecule has 42 heavy (non-hydrogen) atoms. The normalized spacial score (nSPS) is 21.5. The summed E-state index contributed by atoms with van der Waals surface area (Å²) in [4.78, 5) is 18.9. The second-order valence-corrected chi connectivity index (χ2v) is 11.9. The number of rotatable bonds is 8. The molecule has 1 aromatic carbocycles. The molecule has 2 unspecified atom stereocenters. The molecule has 2 aromatic rings. The molecule has 0 radical (unpaired) electrons. The van der Waals surface area contributed by atoms with Crippen LogP contribution in [-0.4, -0.2) is 21.5 Å². The number of nitrogens with zero attached hydrogens (tertiary/aromatic N) is 2. The number of imidazole rings is 1. The Labute approximate surface area is 245 Å². The van der Waals surface area contributed by atoms with Gasteiger partial charge < -0.3 is 24.1 Å². The van der Waals surface area contributed by atoms with Crippen molar-refractivity contribution >= 4 is 16.9 Å². The zero-order valence-corrected chi connectivity index (χ0v) is 24.1. The van der Waals surface area contributed by atoms with E-state index in [0.717, 1.165) is 88.3 Å². The van der Waals surface area contributed by atoms with Gasteiger partial charge in [-0.3, -0.25) is 4.79 Å². The molecule has 2 heterocycles. The van der Waals surface area contributed by atoms with Gasteiger partial charge in [-0.2, -0.15) is 0 Å². The molecule has 0 bridgehead atoms. The zero-order chi connectivity index (χ0) is 29.1. The van der Waals surface area contributed by atoms with Crippen LogP contribution in [0.15, 0.2) is 60.2 Å². The number of aromatic nitrogens is 2. The van der Waals surface area contributed by atoms with Crippen molar-refractivity contribution in [2.24, 2.45) is 5.92 Å². The van der Waals surface area contributed by atoms with E-state index in [0.29, 0.717) is 17.1 Å². The van der Waals surface area contributed by atoms with Crippen LogP contribution in [0.1, 0.15) is 102 Å². The van der Waals surface area contributed by atoms with Crippen molar-refractivity contribution in [2.45, 2.75) is 102 Å². The third-order valence-electron chi connectivity index (χ3n) is 8.89. The first-order chi connectivity index (χ1) is 20.5. The quantitative estimate of drug-likeness (QED) is 0.344. The van der Waals surface area contributed by atoms with Gasteiger partial charge in [0.1, 0.15) is 12.3 Å². The monoisotopic (exact) mass is 579 g/mol. The summed E-state index contributed by atoms with van der Waals surface area (Å²) in [6, 6.07) is 1.74. The Bertz CT molecular complexity index is 1430. The molecule has 9 heteroatoms. The molecule has 7 nitrogen and oxygen atoms in total. The molecule has 0 saturated heterocycles. The van der Waals surface area contributed by atoms with E-state index >= 15 is 0 Å². The molecule has 224 valence electrons. The molecular weight excluding hydrogens is 540 g/mol. The van der Waals surface area contributed by atoms with E-state index in [1.54, 1.807) is 11.5 Å². The standard InChI is InChI=1S/C33H39F2N3O4/c1-21(41-30-20-40-19-29(42-30)22-11-5-2-6-12-22)32-37-27-17-25(34)26(35)18-28(27)38(32)31(23-13-7-3-8-14-23)33(39)36-24-15-9-4-10-16-24/h2,5,11,17-21,23-24,31H,3-4,6-10,12-16H2,1H3,(H,36,39). The zero-order valence-electron chi connectivity index (χ0n) is 24.1. The number of benzene rings is 1. The predicted molar refractivity (Wildman–Crippen MR) is 155 cm³/mol. The van der Waals surface area contributed by atoms with Gasteiger partial charge in [-0.1, -0.05) is 56.8 Å². The summed E-state index contributed by atoms with van der Waals surface area (Å²) in [6.07, 6.45) is 20.2. The lowest BCUT2D eigenvalue weighted by molar-refractivity contribution is -0.127. The van der Waals surface area contributed by atoms with Gasteiger partial charge >= 0.3 is 5.95 Å². The van der Waals surface area contributed by atoms with E-state index < -0.39 is 23.8 Å². The summed E-state index contributed by atoms with van der Waals surface area (Å²) in [6.45, 7) is 1.80. The second kappa shape index (κ2) is 12.7. The van der Waals surface area contributed by atoms with Crippen LogP contribution in [-0.2, 0) is 19.0 Å². The van der Waals surface area contributed by atoms with E-state index in [1.807, 2.05) is 12.2 Å². The van der Waals surface area contributed by atoms with Crippen LogP contribution in [0.3, 0.4) is 0 Å². The molecule has 3 aliphatic carbocycles. The summed E-state index contributed by atoms with van der Waals surface area (Å²) < 4.78 is 48.7. The van der Waals surface area contributed by atoms with Crippen molar-refractivity contribution in [1.82, 2.24) is 14.9 Å². The smallest absolute Gasteiger partial charge is 0.322 e. The van der Waals surface area contributed by atoms with Crippen LogP contribution in [0, 0.1) is 17.6 Å². The molecular formula is C33H39F2N3O4. The fourth-order valence-electron chi connectivity index (χ4n) is 6.75. The maximum Gasteiger partial charge on any atom is 0.322 e. The number of fused-ring (bicyclic) bond motifs is 1. The van der Waals surface area contributed by atoms with Crippen LogP contribution < -0.4 is 5.32 Å². The Balaban J connectivity index is 1.35. The number of hydrogen-bond acceptors (Lipinski definition) is 5. The van der Waals surface area contributed by atoms with Crippen LogP contribution >= 0.6 is 0 Å². The predicted octanol–water partition coefficient (Wildman–Crippen LogP) is 7.93. The minimum atomic E-state index is -0.982. The summed E-state index contributed by atoms with van der Waals surface area (Å²) >= 11 is 0. The fraction of sp³-hybridized carbons (Fsp3) is 0.515. The first-order valence-electron chi connectivity index (χ1n) is 15.4. The van der Waals surface area contributed by atoms with E-state index in [9.17, 15) is 13.6 Å². The van der Waals surface area contributed by atoms with Crippen molar-refractivity contribution in [3.63, 3.8) is 0 Å². The van der Waals surface area contributed by atoms with Crippen LogP contribution in [0.25, 0.3) is 11.0 Å². The molecule has 0 spiro atoms. The van der Waals surface area contributed by atoms with Gasteiger partial charge in [0.25, 0.3) is 0 Å². The average molecular weight is 580 g/mol. The number of carbonyl (C=O) groups is 1.